The average Bonchev–Trinajstić information content (AvgIpc) is 2.08. The highest BCUT2D eigenvalue weighted by molar-refractivity contribution is 5.47. The van der Waals surface area contributed by atoms with Crippen molar-refractivity contribution in [2.45, 2.75) is 6.92 Å². The Morgan fingerprint density at radius 1 is 1.25 bits per heavy atom. The molecule has 1 rings (SSSR count). The maximum Gasteiger partial charge on any atom is 0.290 e. The van der Waals surface area contributed by atoms with Crippen molar-refractivity contribution in [3.05, 3.63) is 42.0 Å². The number of carboxylic acid groups (broad SMARTS) is 1. The molecule has 1 N–H and O–H groups in total. The lowest BCUT2D eigenvalue weighted by Gasteiger charge is -1.86. The van der Waals surface area contributed by atoms with E-state index in [1.165, 1.54) is 5.56 Å². The van der Waals surface area contributed by atoms with Gasteiger partial charge in [0.25, 0.3) is 6.47 Å². The van der Waals surface area contributed by atoms with Crippen LogP contribution < -0.4 is 0 Å². The van der Waals surface area contributed by atoms with Crippen LogP contribution in [0.4, 0.5) is 0 Å². The third-order valence-corrected chi connectivity index (χ3v) is 1.16. The molecule has 0 atom stereocenters. The van der Waals surface area contributed by atoms with E-state index < -0.39 is 0 Å². The summed E-state index contributed by atoms with van der Waals surface area (Å²) in [6.07, 6.45) is 4.12. The third kappa shape index (κ3) is 5.23. The topological polar surface area (TPSA) is 37.3 Å². The molecule has 0 spiro atoms. The van der Waals surface area contributed by atoms with E-state index >= 15 is 0 Å². The van der Waals surface area contributed by atoms with Crippen molar-refractivity contribution in [3.63, 3.8) is 0 Å². The molecule has 0 fully saturated rings. The van der Waals surface area contributed by atoms with Crippen LogP contribution in [0.2, 0.25) is 0 Å². The molecule has 2 nitrogen and oxygen atoms in total. The minimum absolute atomic E-state index is 0.250. The van der Waals surface area contributed by atoms with Gasteiger partial charge in [-0.2, -0.15) is 0 Å². The smallest absolute Gasteiger partial charge is 0.290 e. The Bertz CT molecular complexity index is 227. The zero-order chi connectivity index (χ0) is 9.23. The van der Waals surface area contributed by atoms with Crippen LogP contribution in [0.15, 0.2) is 36.4 Å². The first kappa shape index (κ1) is 10.4. The molecule has 2 heteroatoms. The Morgan fingerprint density at radius 2 is 1.75 bits per heavy atom. The van der Waals surface area contributed by atoms with Gasteiger partial charge in [-0.05, 0) is 12.5 Å². The van der Waals surface area contributed by atoms with Crippen molar-refractivity contribution in [1.82, 2.24) is 0 Å². The van der Waals surface area contributed by atoms with Crippen LogP contribution in [0.3, 0.4) is 0 Å². The van der Waals surface area contributed by atoms with Gasteiger partial charge in [0.15, 0.2) is 0 Å². The minimum Gasteiger partial charge on any atom is -0.483 e. The van der Waals surface area contributed by atoms with E-state index in [-0.39, 0.29) is 6.47 Å². The lowest BCUT2D eigenvalue weighted by atomic mass is 10.2. The second kappa shape index (κ2) is 7.54. The zero-order valence-electron chi connectivity index (χ0n) is 6.97. The number of allylic oxidation sites excluding steroid dienone is 1. The minimum atomic E-state index is -0.250. The first-order valence-electron chi connectivity index (χ1n) is 3.60. The maximum atomic E-state index is 8.36. The van der Waals surface area contributed by atoms with Crippen molar-refractivity contribution in [2.75, 3.05) is 0 Å². The van der Waals surface area contributed by atoms with Crippen LogP contribution in [-0.2, 0) is 4.79 Å². The molecule has 1 aromatic rings. The van der Waals surface area contributed by atoms with Crippen molar-refractivity contribution < 1.29 is 9.90 Å². The highest BCUT2D eigenvalue weighted by Crippen LogP contribution is 1.99. The lowest BCUT2D eigenvalue weighted by molar-refractivity contribution is -0.122. The van der Waals surface area contributed by atoms with Gasteiger partial charge in [-0.25, -0.2) is 0 Å². The Kier molecular flexibility index (Phi) is 6.55. The maximum absolute atomic E-state index is 8.36. The summed E-state index contributed by atoms with van der Waals surface area (Å²) in [7, 11) is 0. The predicted molar refractivity (Wildman–Crippen MR) is 49.8 cm³/mol. The van der Waals surface area contributed by atoms with Crippen LogP contribution in [0, 0.1) is 0 Å². The van der Waals surface area contributed by atoms with Crippen molar-refractivity contribution >= 4 is 12.5 Å². The molecule has 0 aliphatic rings. The zero-order valence-corrected chi connectivity index (χ0v) is 6.97. The average molecular weight is 164 g/mol. The highest BCUT2D eigenvalue weighted by atomic mass is 16.3. The van der Waals surface area contributed by atoms with Gasteiger partial charge in [0.05, 0.1) is 0 Å². The molecule has 0 heterocycles. The molecule has 0 radical (unpaired) electrons. The predicted octanol–water partition coefficient (Wildman–Crippen LogP) is 2.42. The van der Waals surface area contributed by atoms with E-state index in [4.69, 9.17) is 9.90 Å². The van der Waals surface area contributed by atoms with Crippen LogP contribution in [0.5, 0.6) is 0 Å². The lowest BCUT2D eigenvalue weighted by Crippen LogP contribution is -1.65. The molecule has 0 aliphatic heterocycles. The van der Waals surface area contributed by atoms with Crippen molar-refractivity contribution in [3.8, 4) is 0 Å². The summed E-state index contributed by atoms with van der Waals surface area (Å²) < 4.78 is 0. The van der Waals surface area contributed by atoms with E-state index in [1.54, 1.807) is 0 Å². The quantitative estimate of drug-likeness (QED) is 0.647. The summed E-state index contributed by atoms with van der Waals surface area (Å²) in [5.41, 5.74) is 1.26. The fourth-order valence-corrected chi connectivity index (χ4v) is 0.757. The Morgan fingerprint density at radius 3 is 2.17 bits per heavy atom. The number of rotatable bonds is 1. The molecule has 0 aliphatic carbocycles. The van der Waals surface area contributed by atoms with Gasteiger partial charge >= 0.3 is 0 Å². The van der Waals surface area contributed by atoms with Crippen molar-refractivity contribution in [2.24, 2.45) is 0 Å². The van der Waals surface area contributed by atoms with Gasteiger partial charge < -0.3 is 5.11 Å². The molecule has 12 heavy (non-hydrogen) atoms. The summed E-state index contributed by atoms with van der Waals surface area (Å²) in [6.45, 7) is 1.77. The van der Waals surface area contributed by atoms with Crippen LogP contribution >= 0.6 is 0 Å². The molecule has 0 saturated carbocycles. The standard InChI is InChI=1S/C9H10.CH2O2/c1-2-6-9-7-4-3-5-8-9;2-1-3/h2-8H,1H3;1H,(H,2,3). The first-order chi connectivity index (χ1) is 5.85. The highest BCUT2D eigenvalue weighted by Gasteiger charge is 1.77. The number of carbonyl (C=O) groups is 1. The summed E-state index contributed by atoms with van der Waals surface area (Å²) in [5, 5.41) is 6.89. The van der Waals surface area contributed by atoms with Gasteiger partial charge in [-0.1, -0.05) is 42.5 Å². The van der Waals surface area contributed by atoms with Gasteiger partial charge in [0.2, 0.25) is 0 Å². The first-order valence-corrected chi connectivity index (χ1v) is 3.60. The monoisotopic (exact) mass is 164 g/mol. The van der Waals surface area contributed by atoms with Crippen LogP contribution in [-0.4, -0.2) is 11.6 Å². The number of benzene rings is 1. The Labute approximate surface area is 72.2 Å². The molecule has 64 valence electrons. The second-order valence-electron chi connectivity index (χ2n) is 2.02. The second-order valence-corrected chi connectivity index (χ2v) is 2.02. The molecule has 0 amide bonds. The third-order valence-electron chi connectivity index (χ3n) is 1.16. The molecule has 0 unspecified atom stereocenters. The fourth-order valence-electron chi connectivity index (χ4n) is 0.757. The molecule has 0 aromatic heterocycles. The van der Waals surface area contributed by atoms with E-state index in [1.807, 2.05) is 31.2 Å². The number of hydrogen-bond donors (Lipinski definition) is 1. The summed E-state index contributed by atoms with van der Waals surface area (Å²) in [4.78, 5) is 8.36. The summed E-state index contributed by atoms with van der Waals surface area (Å²) >= 11 is 0. The molecular weight excluding hydrogens is 152 g/mol. The normalized spacial score (nSPS) is 8.75. The Hall–Kier alpha value is -1.57. The van der Waals surface area contributed by atoms with Gasteiger partial charge in [0.1, 0.15) is 0 Å². The molecule has 1 aromatic carbocycles. The fraction of sp³-hybridized carbons (Fsp3) is 0.100. The van der Waals surface area contributed by atoms with E-state index in [0.717, 1.165) is 0 Å². The van der Waals surface area contributed by atoms with Gasteiger partial charge in [-0.15, -0.1) is 0 Å². The summed E-state index contributed by atoms with van der Waals surface area (Å²) in [6, 6.07) is 10.3. The van der Waals surface area contributed by atoms with E-state index in [9.17, 15) is 0 Å². The van der Waals surface area contributed by atoms with Crippen LogP contribution in [0.1, 0.15) is 12.5 Å². The van der Waals surface area contributed by atoms with E-state index in [2.05, 4.69) is 18.2 Å². The largest absolute Gasteiger partial charge is 0.483 e. The van der Waals surface area contributed by atoms with Gasteiger partial charge in [-0.3, -0.25) is 4.79 Å². The molecule has 0 saturated heterocycles. The SMILES string of the molecule is CC=Cc1ccccc1.O=CO. The van der Waals surface area contributed by atoms with Crippen LogP contribution in [0.25, 0.3) is 6.08 Å². The number of hydrogen-bond acceptors (Lipinski definition) is 1. The molecular formula is C10H12O2. The Balaban J connectivity index is 0.000000354. The molecule has 0 bridgehead atoms. The summed E-state index contributed by atoms with van der Waals surface area (Å²) in [5.74, 6) is 0. The van der Waals surface area contributed by atoms with Gasteiger partial charge in [0, 0.05) is 0 Å². The van der Waals surface area contributed by atoms with Crippen molar-refractivity contribution in [1.29, 1.82) is 0 Å². The van der Waals surface area contributed by atoms with E-state index in [0.29, 0.717) is 0 Å².